The van der Waals surface area contributed by atoms with Gasteiger partial charge in [-0.25, -0.2) is 4.72 Å². The van der Waals surface area contributed by atoms with Gasteiger partial charge in [-0.15, -0.1) is 0 Å². The van der Waals surface area contributed by atoms with Crippen molar-refractivity contribution in [2.45, 2.75) is 46.5 Å². The van der Waals surface area contributed by atoms with Gasteiger partial charge >= 0.3 is 0 Å². The number of nitrogens with zero attached hydrogens (tertiary/aromatic N) is 1. The Labute approximate surface area is 130 Å². The maximum atomic E-state index is 12.4. The van der Waals surface area contributed by atoms with Crippen molar-refractivity contribution in [3.8, 4) is 0 Å². The zero-order chi connectivity index (χ0) is 15.5. The molecule has 21 heavy (non-hydrogen) atoms. The lowest BCUT2D eigenvalue weighted by atomic mass is 9.93. The summed E-state index contributed by atoms with van der Waals surface area (Å²) in [5, 5.41) is 3.35. The van der Waals surface area contributed by atoms with Crippen molar-refractivity contribution in [3.05, 3.63) is 0 Å². The second-order valence-electron chi connectivity index (χ2n) is 6.99. The lowest BCUT2D eigenvalue weighted by Crippen LogP contribution is -2.47. The quantitative estimate of drug-likeness (QED) is 0.714. The Balaban J connectivity index is 1.79. The molecule has 2 fully saturated rings. The summed E-state index contributed by atoms with van der Waals surface area (Å²) in [4.78, 5) is 0. The number of piperidine rings is 1. The van der Waals surface area contributed by atoms with Crippen LogP contribution in [0.25, 0.3) is 0 Å². The van der Waals surface area contributed by atoms with E-state index in [1.807, 2.05) is 0 Å². The summed E-state index contributed by atoms with van der Waals surface area (Å²) in [5.74, 6) is 1.16. The van der Waals surface area contributed by atoms with E-state index in [9.17, 15) is 8.42 Å². The molecule has 0 bridgehead atoms. The average Bonchev–Trinajstić information content (AvgIpc) is 3.25. The van der Waals surface area contributed by atoms with Crippen LogP contribution in [0, 0.1) is 17.3 Å². The van der Waals surface area contributed by atoms with Crippen LogP contribution in [0.4, 0.5) is 0 Å². The van der Waals surface area contributed by atoms with Crippen molar-refractivity contribution < 1.29 is 8.42 Å². The zero-order valence-corrected chi connectivity index (χ0v) is 14.5. The van der Waals surface area contributed by atoms with Gasteiger partial charge in [-0.2, -0.15) is 12.7 Å². The normalized spacial score (nSPS) is 23.6. The van der Waals surface area contributed by atoms with E-state index in [-0.39, 0.29) is 5.41 Å². The van der Waals surface area contributed by atoms with Crippen LogP contribution in [0.5, 0.6) is 0 Å². The molecule has 0 atom stereocenters. The predicted molar refractivity (Wildman–Crippen MR) is 86.3 cm³/mol. The maximum Gasteiger partial charge on any atom is 0.279 e. The van der Waals surface area contributed by atoms with Gasteiger partial charge in [0.2, 0.25) is 0 Å². The average molecular weight is 317 g/mol. The van der Waals surface area contributed by atoms with E-state index in [0.717, 1.165) is 38.8 Å². The molecule has 124 valence electrons. The predicted octanol–water partition coefficient (Wildman–Crippen LogP) is 1.58. The minimum atomic E-state index is -3.29. The topological polar surface area (TPSA) is 61.4 Å². The van der Waals surface area contributed by atoms with Crippen LogP contribution in [-0.4, -0.2) is 45.4 Å². The molecule has 0 aromatic rings. The molecule has 2 aliphatic rings. The molecule has 1 saturated carbocycles. The summed E-state index contributed by atoms with van der Waals surface area (Å²) in [6, 6.07) is 0. The zero-order valence-electron chi connectivity index (χ0n) is 13.7. The minimum absolute atomic E-state index is 0.219. The Morgan fingerprint density at radius 3 is 2.33 bits per heavy atom. The number of rotatable bonds is 8. The van der Waals surface area contributed by atoms with Crippen LogP contribution in [-0.2, 0) is 10.2 Å². The first-order chi connectivity index (χ1) is 9.89. The summed E-state index contributed by atoms with van der Waals surface area (Å²) in [7, 11) is -3.29. The molecule has 1 saturated heterocycles. The highest BCUT2D eigenvalue weighted by Gasteiger charge is 2.46. The third kappa shape index (κ3) is 4.41. The lowest BCUT2D eigenvalue weighted by Gasteiger charge is -2.32. The first-order valence-corrected chi connectivity index (χ1v) is 9.79. The minimum Gasteiger partial charge on any atom is -0.317 e. The Morgan fingerprint density at radius 2 is 1.86 bits per heavy atom. The van der Waals surface area contributed by atoms with Crippen LogP contribution >= 0.6 is 0 Å². The molecule has 0 radical (unpaired) electrons. The second-order valence-corrected chi connectivity index (χ2v) is 8.75. The van der Waals surface area contributed by atoms with Crippen molar-refractivity contribution in [3.63, 3.8) is 0 Å². The molecular weight excluding hydrogens is 286 g/mol. The van der Waals surface area contributed by atoms with Crippen LogP contribution in [0.3, 0.4) is 0 Å². The first-order valence-electron chi connectivity index (χ1n) is 8.35. The van der Waals surface area contributed by atoms with Crippen molar-refractivity contribution in [2.75, 3.05) is 32.7 Å². The van der Waals surface area contributed by atoms with Gasteiger partial charge < -0.3 is 5.32 Å². The Morgan fingerprint density at radius 1 is 1.24 bits per heavy atom. The fourth-order valence-electron chi connectivity index (χ4n) is 3.15. The molecule has 2 rings (SSSR count). The van der Waals surface area contributed by atoms with Gasteiger partial charge in [-0.3, -0.25) is 0 Å². The molecule has 6 heteroatoms. The molecule has 0 aromatic heterocycles. The van der Waals surface area contributed by atoms with E-state index in [2.05, 4.69) is 30.8 Å². The van der Waals surface area contributed by atoms with E-state index in [1.165, 1.54) is 0 Å². The Hall–Kier alpha value is -0.170. The third-order valence-corrected chi connectivity index (χ3v) is 6.87. The maximum absolute atomic E-state index is 12.4. The summed E-state index contributed by atoms with van der Waals surface area (Å²) in [5.41, 5.74) is 0.219. The van der Waals surface area contributed by atoms with Crippen molar-refractivity contribution in [1.82, 2.24) is 14.3 Å². The third-order valence-electron chi connectivity index (χ3n) is 5.32. The molecule has 0 aromatic carbocycles. The second kappa shape index (κ2) is 6.94. The molecule has 1 heterocycles. The van der Waals surface area contributed by atoms with E-state index in [4.69, 9.17) is 0 Å². The molecular formula is C15H31N3O2S. The van der Waals surface area contributed by atoms with Crippen LogP contribution in [0.1, 0.15) is 46.5 Å². The molecule has 2 N–H and O–H groups in total. The standard InChI is InChI=1S/C15H31N3O2S/c1-4-16-11-14-5-9-18(10-6-14)21(19,20)17-12-15(7-8-15)13(2)3/h13-14,16-17H,4-12H2,1-3H3. The summed E-state index contributed by atoms with van der Waals surface area (Å²) < 4.78 is 29.3. The van der Waals surface area contributed by atoms with E-state index >= 15 is 0 Å². The first kappa shape index (κ1) is 17.2. The Bertz CT molecular complexity index is 424. The lowest BCUT2D eigenvalue weighted by molar-refractivity contribution is 0.263. The number of hydrogen-bond donors (Lipinski definition) is 2. The van der Waals surface area contributed by atoms with Crippen molar-refractivity contribution in [1.29, 1.82) is 0 Å². The Kier molecular flexibility index (Phi) is 5.68. The van der Waals surface area contributed by atoms with Gasteiger partial charge in [-0.1, -0.05) is 20.8 Å². The fraction of sp³-hybridized carbons (Fsp3) is 1.00. The van der Waals surface area contributed by atoms with Crippen molar-refractivity contribution in [2.24, 2.45) is 17.3 Å². The molecule has 0 unspecified atom stereocenters. The monoisotopic (exact) mass is 317 g/mol. The van der Waals surface area contributed by atoms with Crippen molar-refractivity contribution >= 4 is 10.2 Å². The SMILES string of the molecule is CCNCC1CCN(S(=O)(=O)NCC2(C(C)C)CC2)CC1. The van der Waals surface area contributed by atoms with Gasteiger partial charge in [0.05, 0.1) is 0 Å². The summed E-state index contributed by atoms with van der Waals surface area (Å²) in [6.07, 6.45) is 4.22. The smallest absolute Gasteiger partial charge is 0.279 e. The summed E-state index contributed by atoms with van der Waals surface area (Å²) in [6.45, 7) is 10.4. The number of hydrogen-bond acceptors (Lipinski definition) is 3. The van der Waals surface area contributed by atoms with Crippen LogP contribution in [0.2, 0.25) is 0 Å². The molecule has 1 aliphatic carbocycles. The number of nitrogens with one attached hydrogen (secondary N) is 2. The van der Waals surface area contributed by atoms with Gasteiger partial charge in [0.15, 0.2) is 0 Å². The van der Waals surface area contributed by atoms with Gasteiger partial charge in [-0.05, 0) is 56.0 Å². The highest BCUT2D eigenvalue weighted by atomic mass is 32.2. The largest absolute Gasteiger partial charge is 0.317 e. The van der Waals surface area contributed by atoms with E-state index < -0.39 is 10.2 Å². The van der Waals surface area contributed by atoms with Crippen LogP contribution < -0.4 is 10.0 Å². The molecule has 5 nitrogen and oxygen atoms in total. The molecule has 1 aliphatic heterocycles. The van der Waals surface area contributed by atoms with Crippen LogP contribution in [0.15, 0.2) is 0 Å². The highest BCUT2D eigenvalue weighted by Crippen LogP contribution is 2.51. The summed E-state index contributed by atoms with van der Waals surface area (Å²) >= 11 is 0. The molecule has 0 spiro atoms. The van der Waals surface area contributed by atoms with Gasteiger partial charge in [0.25, 0.3) is 10.2 Å². The highest BCUT2D eigenvalue weighted by molar-refractivity contribution is 7.87. The van der Waals surface area contributed by atoms with E-state index in [0.29, 0.717) is 31.5 Å². The van der Waals surface area contributed by atoms with Gasteiger partial charge in [0, 0.05) is 19.6 Å². The van der Waals surface area contributed by atoms with E-state index in [1.54, 1.807) is 4.31 Å². The van der Waals surface area contributed by atoms with Gasteiger partial charge in [0.1, 0.15) is 0 Å². The molecule has 0 amide bonds. The fourth-order valence-corrected chi connectivity index (χ4v) is 4.49.